The monoisotopic (exact) mass is 555 g/mol. The number of aliphatic hydroxyl groups is 1. The van der Waals surface area contributed by atoms with Crippen LogP contribution in [-0.4, -0.2) is 35.6 Å². The van der Waals surface area contributed by atoms with Gasteiger partial charge in [-0.1, -0.05) is 65.0 Å². The fourth-order valence-corrected chi connectivity index (χ4v) is 5.52. The molecule has 7 heteroatoms. The summed E-state index contributed by atoms with van der Waals surface area (Å²) in [7, 11) is 1.61. The maximum Gasteiger partial charge on any atom is 0.295 e. The highest BCUT2D eigenvalue weighted by Gasteiger charge is 2.46. The van der Waals surface area contributed by atoms with Crippen LogP contribution in [0.3, 0.4) is 0 Å². The number of fused-ring (bicyclic) bond motifs is 1. The molecule has 1 saturated heterocycles. The van der Waals surface area contributed by atoms with Gasteiger partial charge in [-0.25, -0.2) is 0 Å². The summed E-state index contributed by atoms with van der Waals surface area (Å²) in [6.45, 7) is 12.6. The number of hydrogen-bond acceptors (Lipinski definition) is 6. The van der Waals surface area contributed by atoms with Crippen molar-refractivity contribution < 1.29 is 28.9 Å². The van der Waals surface area contributed by atoms with Gasteiger partial charge in [0, 0.05) is 12.1 Å². The Labute approximate surface area is 241 Å². The van der Waals surface area contributed by atoms with Gasteiger partial charge in [0.15, 0.2) is 11.5 Å². The summed E-state index contributed by atoms with van der Waals surface area (Å²) in [4.78, 5) is 28.8. The van der Waals surface area contributed by atoms with E-state index in [4.69, 9.17) is 14.2 Å². The van der Waals surface area contributed by atoms with E-state index in [1.54, 1.807) is 13.2 Å². The number of Topliss-reactive ketones (excluding diaryl/α,β-unsaturated/α-hetero) is 1. The average Bonchev–Trinajstić information content (AvgIpc) is 3.50. The maximum atomic E-state index is 13.7. The van der Waals surface area contributed by atoms with Crippen LogP contribution in [0.15, 0.2) is 60.2 Å². The summed E-state index contributed by atoms with van der Waals surface area (Å²) in [6.07, 6.45) is 0. The molecule has 3 aromatic rings. The molecule has 0 spiro atoms. The first-order valence-corrected chi connectivity index (χ1v) is 13.9. The Morgan fingerprint density at radius 3 is 2.34 bits per heavy atom. The highest BCUT2D eigenvalue weighted by molar-refractivity contribution is 6.46. The van der Waals surface area contributed by atoms with Crippen molar-refractivity contribution in [2.75, 3.05) is 13.9 Å². The largest absolute Gasteiger partial charge is 0.507 e. The van der Waals surface area contributed by atoms with Gasteiger partial charge >= 0.3 is 0 Å². The highest BCUT2D eigenvalue weighted by atomic mass is 16.7. The number of benzene rings is 3. The van der Waals surface area contributed by atoms with E-state index in [1.807, 2.05) is 69.3 Å². The van der Waals surface area contributed by atoms with E-state index in [-0.39, 0.29) is 36.0 Å². The average molecular weight is 556 g/mol. The van der Waals surface area contributed by atoms with Crippen LogP contribution >= 0.6 is 0 Å². The number of carbonyl (C=O) groups is 2. The Hall–Kier alpha value is -4.26. The summed E-state index contributed by atoms with van der Waals surface area (Å²) >= 11 is 0. The number of hydrogen-bond donors (Lipinski definition) is 1. The van der Waals surface area contributed by atoms with Crippen LogP contribution in [-0.2, 0) is 21.5 Å². The molecule has 41 heavy (non-hydrogen) atoms. The second-order valence-corrected chi connectivity index (χ2v) is 12.1. The SMILES string of the molecule is COc1cc(C)c(/C(O)=C2\C(=O)C(=O)N(Cc3ccc4c(c3)OCO4)C2c2ccc(C(C)(C)C)cc2)cc1C(C)C. The van der Waals surface area contributed by atoms with Crippen LogP contribution in [0.1, 0.15) is 80.0 Å². The van der Waals surface area contributed by atoms with Crippen molar-refractivity contribution in [2.45, 2.75) is 65.5 Å². The van der Waals surface area contributed by atoms with Crippen molar-refractivity contribution in [3.63, 3.8) is 0 Å². The zero-order valence-corrected chi connectivity index (χ0v) is 24.7. The molecule has 0 saturated carbocycles. The third-order valence-corrected chi connectivity index (χ3v) is 7.88. The Bertz CT molecular complexity index is 1540. The van der Waals surface area contributed by atoms with Crippen molar-refractivity contribution in [3.8, 4) is 17.2 Å². The predicted octanol–water partition coefficient (Wildman–Crippen LogP) is 6.78. The molecule has 1 fully saturated rings. The number of carbonyl (C=O) groups excluding carboxylic acids is 2. The molecule has 0 aliphatic carbocycles. The van der Waals surface area contributed by atoms with Crippen molar-refractivity contribution in [3.05, 3.63) is 93.6 Å². The molecular weight excluding hydrogens is 518 g/mol. The number of ether oxygens (including phenoxy) is 3. The minimum Gasteiger partial charge on any atom is -0.507 e. The van der Waals surface area contributed by atoms with Crippen LogP contribution in [0.5, 0.6) is 17.2 Å². The first-order valence-electron chi connectivity index (χ1n) is 13.9. The van der Waals surface area contributed by atoms with Crippen LogP contribution in [0.2, 0.25) is 0 Å². The van der Waals surface area contributed by atoms with Gasteiger partial charge in [0.05, 0.1) is 18.7 Å². The summed E-state index contributed by atoms with van der Waals surface area (Å²) in [6, 6.07) is 16.3. The van der Waals surface area contributed by atoms with Crippen LogP contribution in [0.4, 0.5) is 0 Å². The Morgan fingerprint density at radius 2 is 1.71 bits per heavy atom. The number of likely N-dealkylation sites (tertiary alicyclic amines) is 1. The minimum atomic E-state index is -0.779. The lowest BCUT2D eigenvalue weighted by atomic mass is 9.85. The molecule has 1 amide bonds. The van der Waals surface area contributed by atoms with Crippen molar-refractivity contribution in [1.29, 1.82) is 0 Å². The number of aryl methyl sites for hydroxylation is 1. The Morgan fingerprint density at radius 1 is 1.02 bits per heavy atom. The number of amides is 1. The lowest BCUT2D eigenvalue weighted by Gasteiger charge is -2.27. The number of ketones is 1. The Balaban J connectivity index is 1.66. The van der Waals surface area contributed by atoms with E-state index in [1.165, 1.54) is 4.90 Å². The van der Waals surface area contributed by atoms with Gasteiger partial charge in [0.1, 0.15) is 11.5 Å². The van der Waals surface area contributed by atoms with Crippen molar-refractivity contribution >= 4 is 17.4 Å². The van der Waals surface area contributed by atoms with Crippen LogP contribution in [0.25, 0.3) is 5.76 Å². The summed E-state index contributed by atoms with van der Waals surface area (Å²) in [5, 5.41) is 11.8. The van der Waals surface area contributed by atoms with E-state index >= 15 is 0 Å². The molecule has 7 nitrogen and oxygen atoms in total. The van der Waals surface area contributed by atoms with Gasteiger partial charge in [-0.2, -0.15) is 0 Å². The molecule has 2 aliphatic rings. The maximum absolute atomic E-state index is 13.7. The van der Waals surface area contributed by atoms with Gasteiger partial charge in [0.25, 0.3) is 11.7 Å². The van der Waals surface area contributed by atoms with Crippen LogP contribution in [0, 0.1) is 6.92 Å². The molecule has 3 aromatic carbocycles. The van der Waals surface area contributed by atoms with Gasteiger partial charge in [-0.3, -0.25) is 9.59 Å². The second kappa shape index (κ2) is 10.6. The van der Waals surface area contributed by atoms with Gasteiger partial charge in [0.2, 0.25) is 6.79 Å². The van der Waals surface area contributed by atoms with E-state index in [0.29, 0.717) is 22.8 Å². The smallest absolute Gasteiger partial charge is 0.295 e. The zero-order chi connectivity index (χ0) is 29.6. The first kappa shape index (κ1) is 28.3. The third kappa shape index (κ3) is 5.17. The molecule has 214 valence electrons. The molecule has 0 aromatic heterocycles. The molecule has 0 bridgehead atoms. The summed E-state index contributed by atoms with van der Waals surface area (Å²) in [5.74, 6) is 0.501. The predicted molar refractivity (Wildman–Crippen MR) is 157 cm³/mol. The molecule has 0 radical (unpaired) electrons. The lowest BCUT2D eigenvalue weighted by Crippen LogP contribution is -2.29. The highest BCUT2D eigenvalue weighted by Crippen LogP contribution is 2.43. The molecular formula is C34H37NO6. The van der Waals surface area contributed by atoms with E-state index in [9.17, 15) is 14.7 Å². The first-order chi connectivity index (χ1) is 19.4. The molecule has 1 N–H and O–H groups in total. The third-order valence-electron chi connectivity index (χ3n) is 7.88. The molecule has 1 unspecified atom stereocenters. The molecule has 5 rings (SSSR count). The number of rotatable bonds is 6. The standard InChI is InChI=1S/C34H37NO6/c1-19(2)24-16-25(20(3)14-27(24)39-7)31(36)29-30(22-9-11-23(12-10-22)34(4,5)6)35(33(38)32(29)37)17-21-8-13-26-28(15-21)41-18-40-26/h8-16,19,30,36H,17-18H2,1-7H3/b31-29+. The number of nitrogens with zero attached hydrogens (tertiary/aromatic N) is 1. The fraction of sp³-hybridized carbons (Fsp3) is 0.353. The zero-order valence-electron chi connectivity index (χ0n) is 24.7. The molecule has 2 aliphatic heterocycles. The summed E-state index contributed by atoms with van der Waals surface area (Å²) < 4.78 is 16.6. The number of aliphatic hydroxyl groups excluding tert-OH is 1. The Kier molecular flexibility index (Phi) is 7.32. The molecule has 1 atom stereocenters. The lowest BCUT2D eigenvalue weighted by molar-refractivity contribution is -0.140. The van der Waals surface area contributed by atoms with Gasteiger partial charge in [-0.15, -0.1) is 0 Å². The van der Waals surface area contributed by atoms with Crippen LogP contribution < -0.4 is 14.2 Å². The van der Waals surface area contributed by atoms with Gasteiger partial charge in [-0.05, 0) is 70.3 Å². The van der Waals surface area contributed by atoms with Crippen molar-refractivity contribution in [2.24, 2.45) is 0 Å². The minimum absolute atomic E-state index is 0.0692. The quantitative estimate of drug-likeness (QED) is 0.205. The van der Waals surface area contributed by atoms with Crippen molar-refractivity contribution in [1.82, 2.24) is 4.90 Å². The number of methoxy groups -OCH3 is 1. The topological polar surface area (TPSA) is 85.3 Å². The van der Waals surface area contributed by atoms with E-state index < -0.39 is 17.7 Å². The normalized spacial score (nSPS) is 18.0. The molecule has 2 heterocycles. The summed E-state index contributed by atoms with van der Waals surface area (Å²) in [5.41, 5.74) is 4.81. The fourth-order valence-electron chi connectivity index (χ4n) is 5.52. The van der Waals surface area contributed by atoms with Gasteiger partial charge < -0.3 is 24.2 Å². The second-order valence-electron chi connectivity index (χ2n) is 12.1. The van der Waals surface area contributed by atoms with E-state index in [2.05, 4.69) is 20.8 Å². The van der Waals surface area contributed by atoms with E-state index in [0.717, 1.165) is 27.8 Å².